The van der Waals surface area contributed by atoms with Crippen LogP contribution in [0.3, 0.4) is 0 Å². The van der Waals surface area contributed by atoms with Gasteiger partial charge in [-0.05, 0) is 24.1 Å². The molecule has 3 aromatic rings. The van der Waals surface area contributed by atoms with E-state index in [1.807, 2.05) is 54.7 Å². The van der Waals surface area contributed by atoms with Crippen molar-refractivity contribution < 1.29 is 14.4 Å². The molecule has 4 amide bonds. The van der Waals surface area contributed by atoms with Crippen molar-refractivity contribution in [1.29, 1.82) is 0 Å². The highest BCUT2D eigenvalue weighted by Gasteiger charge is 2.37. The third kappa shape index (κ3) is 4.08. The molecule has 4 rings (SSSR count). The molecule has 0 unspecified atom stereocenters. The summed E-state index contributed by atoms with van der Waals surface area (Å²) in [5, 5.41) is 13.5. The van der Waals surface area contributed by atoms with Crippen LogP contribution in [0.5, 0.6) is 0 Å². The average molecular weight is 392 g/mol. The number of aromatic nitrogens is 3. The number of hydrogen-bond donors (Lipinski definition) is 2. The number of pyridine rings is 1. The van der Waals surface area contributed by atoms with Crippen LogP contribution in [0.2, 0.25) is 0 Å². The molecule has 2 N–H and O–H groups in total. The number of carbonyl (C=O) groups excluding carboxylic acids is 3. The maximum absolute atomic E-state index is 12.5. The first-order valence-electron chi connectivity index (χ1n) is 9.33. The fourth-order valence-corrected chi connectivity index (χ4v) is 3.24. The van der Waals surface area contributed by atoms with E-state index in [9.17, 15) is 14.4 Å². The third-order valence-corrected chi connectivity index (χ3v) is 4.78. The lowest BCUT2D eigenvalue weighted by Crippen LogP contribution is -2.32. The van der Waals surface area contributed by atoms with Gasteiger partial charge in [-0.25, -0.2) is 4.79 Å². The van der Waals surface area contributed by atoms with Gasteiger partial charge in [-0.3, -0.25) is 18.9 Å². The van der Waals surface area contributed by atoms with E-state index in [1.54, 1.807) is 4.40 Å². The van der Waals surface area contributed by atoms with Crippen LogP contribution in [-0.2, 0) is 22.7 Å². The Kier molecular flexibility index (Phi) is 5.19. The topological polar surface area (TPSA) is 109 Å². The number of imide groups is 1. The van der Waals surface area contributed by atoms with Crippen molar-refractivity contribution >= 4 is 23.5 Å². The molecular weight excluding hydrogens is 372 g/mol. The highest BCUT2D eigenvalue weighted by molar-refractivity contribution is 6.04. The number of fused-ring (bicyclic) bond motifs is 1. The lowest BCUT2D eigenvalue weighted by atomic mass is 10.1. The van der Waals surface area contributed by atoms with E-state index in [0.29, 0.717) is 11.5 Å². The van der Waals surface area contributed by atoms with Crippen LogP contribution in [0.1, 0.15) is 24.2 Å². The molecule has 0 aliphatic carbocycles. The van der Waals surface area contributed by atoms with Crippen molar-refractivity contribution in [3.8, 4) is 0 Å². The summed E-state index contributed by atoms with van der Waals surface area (Å²) in [4.78, 5) is 38.0. The number of nitrogens with one attached hydrogen (secondary N) is 2. The molecule has 0 radical (unpaired) electrons. The number of rotatable bonds is 7. The van der Waals surface area contributed by atoms with Gasteiger partial charge in [0.2, 0.25) is 5.91 Å². The zero-order chi connectivity index (χ0) is 20.2. The lowest BCUT2D eigenvalue weighted by Gasteiger charge is -2.13. The normalized spacial score (nSPS) is 16.3. The Morgan fingerprint density at radius 2 is 1.86 bits per heavy atom. The van der Waals surface area contributed by atoms with Crippen molar-refractivity contribution in [2.45, 2.75) is 32.0 Å². The highest BCUT2D eigenvalue weighted by Crippen LogP contribution is 2.15. The Bertz CT molecular complexity index is 1050. The SMILES string of the molecule is O=C(CC[C@H]1NC(=O)N(Cc2ccccc2)C1=O)NCc1nnc2ccccn12. The number of benzene rings is 1. The number of amides is 4. The Morgan fingerprint density at radius 1 is 1.07 bits per heavy atom. The van der Waals surface area contributed by atoms with Crippen LogP contribution in [0.25, 0.3) is 5.65 Å². The van der Waals surface area contributed by atoms with Crippen molar-refractivity contribution in [2.75, 3.05) is 0 Å². The summed E-state index contributed by atoms with van der Waals surface area (Å²) >= 11 is 0. The van der Waals surface area contributed by atoms with Crippen molar-refractivity contribution in [1.82, 2.24) is 30.1 Å². The minimum absolute atomic E-state index is 0.118. The van der Waals surface area contributed by atoms with Gasteiger partial charge in [-0.1, -0.05) is 36.4 Å². The fourth-order valence-electron chi connectivity index (χ4n) is 3.24. The maximum atomic E-state index is 12.5. The quantitative estimate of drug-likeness (QED) is 0.588. The van der Waals surface area contributed by atoms with Crippen LogP contribution in [0.15, 0.2) is 54.7 Å². The Labute approximate surface area is 166 Å². The molecule has 29 heavy (non-hydrogen) atoms. The van der Waals surface area contributed by atoms with Gasteiger partial charge in [0.1, 0.15) is 6.04 Å². The molecule has 0 bridgehead atoms. The van der Waals surface area contributed by atoms with Crippen LogP contribution in [-0.4, -0.2) is 43.4 Å². The summed E-state index contributed by atoms with van der Waals surface area (Å²) in [5.74, 6) is 0.0876. The highest BCUT2D eigenvalue weighted by atomic mass is 16.2. The molecule has 1 fully saturated rings. The maximum Gasteiger partial charge on any atom is 0.325 e. The fraction of sp³-hybridized carbons (Fsp3) is 0.250. The van der Waals surface area contributed by atoms with Gasteiger partial charge in [0.25, 0.3) is 5.91 Å². The zero-order valence-electron chi connectivity index (χ0n) is 15.6. The zero-order valence-corrected chi connectivity index (χ0v) is 15.6. The smallest absolute Gasteiger partial charge is 0.325 e. The Hall–Kier alpha value is -3.75. The van der Waals surface area contributed by atoms with Crippen LogP contribution in [0.4, 0.5) is 4.79 Å². The molecule has 9 heteroatoms. The predicted molar refractivity (Wildman–Crippen MR) is 103 cm³/mol. The Morgan fingerprint density at radius 3 is 2.69 bits per heavy atom. The monoisotopic (exact) mass is 392 g/mol. The van der Waals surface area contributed by atoms with E-state index in [-0.39, 0.29) is 37.7 Å². The molecule has 1 aromatic carbocycles. The summed E-state index contributed by atoms with van der Waals surface area (Å²) in [7, 11) is 0. The van der Waals surface area contributed by atoms with Gasteiger partial charge >= 0.3 is 6.03 Å². The summed E-state index contributed by atoms with van der Waals surface area (Å²) in [5.41, 5.74) is 1.57. The van der Waals surface area contributed by atoms with Gasteiger partial charge in [-0.15, -0.1) is 10.2 Å². The van der Waals surface area contributed by atoms with E-state index in [1.165, 1.54) is 4.90 Å². The summed E-state index contributed by atoms with van der Waals surface area (Å²) in [6, 6.07) is 13.7. The number of hydrogen-bond acceptors (Lipinski definition) is 5. The largest absolute Gasteiger partial charge is 0.349 e. The second-order valence-corrected chi connectivity index (χ2v) is 6.77. The summed E-state index contributed by atoms with van der Waals surface area (Å²) in [6.45, 7) is 0.448. The van der Waals surface area contributed by atoms with Gasteiger partial charge in [0.05, 0.1) is 13.1 Å². The number of carbonyl (C=O) groups is 3. The molecule has 1 aliphatic heterocycles. The van der Waals surface area contributed by atoms with Crippen LogP contribution >= 0.6 is 0 Å². The minimum Gasteiger partial charge on any atom is -0.349 e. The summed E-state index contributed by atoms with van der Waals surface area (Å²) in [6.07, 6.45) is 2.18. The molecule has 9 nitrogen and oxygen atoms in total. The van der Waals surface area contributed by atoms with Crippen LogP contribution < -0.4 is 10.6 Å². The molecule has 148 valence electrons. The molecule has 0 spiro atoms. The molecule has 0 saturated carbocycles. The van der Waals surface area contributed by atoms with Crippen LogP contribution in [0, 0.1) is 0 Å². The first kappa shape index (κ1) is 18.6. The molecule has 3 heterocycles. The molecular formula is C20H20N6O3. The van der Waals surface area contributed by atoms with Crippen molar-refractivity contribution in [2.24, 2.45) is 0 Å². The van der Waals surface area contributed by atoms with Gasteiger partial charge in [0, 0.05) is 12.6 Å². The van der Waals surface area contributed by atoms with Crippen molar-refractivity contribution in [3.63, 3.8) is 0 Å². The average Bonchev–Trinajstić information content (AvgIpc) is 3.27. The number of nitrogens with zero attached hydrogens (tertiary/aromatic N) is 4. The van der Waals surface area contributed by atoms with E-state index in [0.717, 1.165) is 5.56 Å². The van der Waals surface area contributed by atoms with E-state index < -0.39 is 12.1 Å². The van der Waals surface area contributed by atoms with E-state index in [2.05, 4.69) is 20.8 Å². The second-order valence-electron chi connectivity index (χ2n) is 6.77. The lowest BCUT2D eigenvalue weighted by molar-refractivity contribution is -0.128. The second kappa shape index (κ2) is 8.09. The van der Waals surface area contributed by atoms with Crippen molar-refractivity contribution in [3.05, 3.63) is 66.1 Å². The third-order valence-electron chi connectivity index (χ3n) is 4.78. The molecule has 1 atom stereocenters. The predicted octanol–water partition coefficient (Wildman–Crippen LogP) is 1.25. The molecule has 1 aliphatic rings. The number of urea groups is 1. The van der Waals surface area contributed by atoms with E-state index in [4.69, 9.17) is 0 Å². The van der Waals surface area contributed by atoms with Gasteiger partial charge in [0.15, 0.2) is 11.5 Å². The van der Waals surface area contributed by atoms with E-state index >= 15 is 0 Å². The van der Waals surface area contributed by atoms with Gasteiger partial charge < -0.3 is 10.6 Å². The first-order chi connectivity index (χ1) is 14.1. The summed E-state index contributed by atoms with van der Waals surface area (Å²) < 4.78 is 1.79. The minimum atomic E-state index is -0.689. The molecule has 1 saturated heterocycles. The standard InChI is InChI=1S/C20H20N6O3/c27-18(21-12-17-24-23-16-8-4-5-11-25(16)17)10-9-15-19(28)26(20(29)22-15)13-14-6-2-1-3-7-14/h1-8,11,15H,9-10,12-13H2,(H,21,27)(H,22,29)/t15-/m1/s1. The first-order valence-corrected chi connectivity index (χ1v) is 9.33. The Balaban J connectivity index is 1.28. The molecule has 2 aromatic heterocycles. The van der Waals surface area contributed by atoms with Gasteiger partial charge in [-0.2, -0.15) is 0 Å².